The quantitative estimate of drug-likeness (QED) is 0.0330. The fourth-order valence-corrected chi connectivity index (χ4v) is 17.0. The van der Waals surface area contributed by atoms with Crippen molar-refractivity contribution in [1.29, 1.82) is 0 Å². The lowest BCUT2D eigenvalue weighted by Gasteiger charge is -2.33. The first-order valence-corrected chi connectivity index (χ1v) is 47.6. The van der Waals surface area contributed by atoms with Crippen LogP contribution >= 0.6 is 0 Å². The Labute approximate surface area is 834 Å². The minimum Gasteiger partial charge on any atom is -0.493 e. The highest BCUT2D eigenvalue weighted by molar-refractivity contribution is 6.16. The monoisotopic (exact) mass is 1890 g/mol. The van der Waals surface area contributed by atoms with E-state index >= 15 is 0 Å². The molecule has 144 heavy (non-hydrogen) atoms. The minimum absolute atomic E-state index is 0.000441. The molecule has 0 amide bonds. The predicted octanol–water partition coefficient (Wildman–Crippen LogP) is 29.7. The molecule has 0 spiro atoms. The number of benzene rings is 19. The minimum atomic E-state index is -1.18. The van der Waals surface area contributed by atoms with E-state index in [2.05, 4.69) is 107 Å². The average molecular weight is 1890 g/mol. The molecule has 0 bridgehead atoms. The Kier molecular flexibility index (Phi) is 27.9. The molecule has 0 unspecified atom stereocenters. The molecule has 2 aromatic heterocycles. The molecule has 0 fully saturated rings. The number of rotatable bonds is 42. The Morgan fingerprint density at radius 1 is 0.208 bits per heavy atom. The third kappa shape index (κ3) is 22.9. The average Bonchev–Trinajstić information content (AvgIpc) is 1.56. The molecule has 0 N–H and O–H groups in total. The van der Waals surface area contributed by atoms with Gasteiger partial charge in [-0.1, -0.05) is 206 Å². The number of aromatic nitrogens is 6. The maximum Gasteiger partial charge on any atom is 0.178 e. The third-order valence-electron chi connectivity index (χ3n) is 24.2. The molecule has 0 aliphatic rings. The van der Waals surface area contributed by atoms with Crippen LogP contribution in [0.5, 0.6) is 103 Å². The molecule has 21 rings (SSSR count). The van der Waals surface area contributed by atoms with Crippen LogP contribution in [0.1, 0.15) is 0 Å². The molecular formula is C124H98N8O12. The van der Waals surface area contributed by atoms with Gasteiger partial charge in [-0.05, 0) is 302 Å². The van der Waals surface area contributed by atoms with Crippen molar-refractivity contribution in [2.45, 2.75) is 13.1 Å². The molecule has 0 aliphatic carbocycles. The van der Waals surface area contributed by atoms with E-state index in [9.17, 15) is 0 Å². The van der Waals surface area contributed by atoms with E-state index in [1.54, 1.807) is 9.59 Å². The van der Waals surface area contributed by atoms with Gasteiger partial charge in [-0.2, -0.15) is 30.0 Å². The highest BCUT2D eigenvalue weighted by Crippen LogP contribution is 2.46. The number of para-hydroxylation sites is 10. The summed E-state index contributed by atoms with van der Waals surface area (Å²) < 4.78 is 80.9. The normalized spacial score (nSPS) is 11.3. The second-order valence-electron chi connectivity index (χ2n) is 34.8. The van der Waals surface area contributed by atoms with E-state index in [1.807, 2.05) is 400 Å². The molecule has 0 atom stereocenters. The van der Waals surface area contributed by atoms with Crippen LogP contribution < -0.4 is 76.5 Å². The summed E-state index contributed by atoms with van der Waals surface area (Å²) in [5.74, 6) is 11.3. The van der Waals surface area contributed by atoms with E-state index < -0.39 is 10.8 Å². The van der Waals surface area contributed by atoms with Crippen LogP contribution in [0.3, 0.4) is 0 Å². The summed E-state index contributed by atoms with van der Waals surface area (Å²) in [5, 5.41) is 23.5. The van der Waals surface area contributed by atoms with Crippen molar-refractivity contribution in [3.05, 3.63) is 497 Å². The fourth-order valence-electron chi connectivity index (χ4n) is 17.0. The number of ether oxygens (including phenoxy) is 12. The van der Waals surface area contributed by atoms with Gasteiger partial charge in [0.05, 0.1) is 12.0 Å². The van der Waals surface area contributed by atoms with E-state index in [1.165, 1.54) is 0 Å². The van der Waals surface area contributed by atoms with Crippen LogP contribution in [-0.4, -0.2) is 59.7 Å². The van der Waals surface area contributed by atoms with E-state index in [0.29, 0.717) is 137 Å². The number of anilines is 6. The SMILES string of the molecule is c1ccc(Oc2ccc(OCC(COc3ccc(Oc4ccccc4)cc3)(COc3ccc(Oc4ccccc4)cc3)Cn3nc4c(-c5ccc(N(c6ccccc6)c6ccccc6)cc5)c5n[n+](CC(COc6ccc(Oc7ccccc7)cc6)(COc6ccc(Oc7ccccc7)cc6)COc6ccc(Oc7ccccc7)cc6)[n-]c5c(-c5ccc(N(c6ccccc6)c6ccccc6)cc5)c4n3)cc2)cc1. The molecule has 21 aromatic rings. The van der Waals surface area contributed by atoms with Gasteiger partial charge in [-0.3, -0.25) is 0 Å². The van der Waals surface area contributed by atoms with Gasteiger partial charge in [0.15, 0.2) is 6.54 Å². The van der Waals surface area contributed by atoms with Gasteiger partial charge in [0, 0.05) is 56.3 Å². The lowest BCUT2D eigenvalue weighted by molar-refractivity contribution is -0.814. The summed E-state index contributed by atoms with van der Waals surface area (Å²) >= 11 is 0. The zero-order chi connectivity index (χ0) is 96.7. The first-order chi connectivity index (χ1) is 71.2. The largest absolute Gasteiger partial charge is 0.493 e. The number of hydrogen-bond acceptors (Lipinski definition) is 17. The molecule has 0 radical (unpaired) electrons. The summed E-state index contributed by atoms with van der Waals surface area (Å²) in [6, 6.07) is 162. The molecular weight excluding hydrogens is 1790 g/mol. The predicted molar refractivity (Wildman–Crippen MR) is 562 cm³/mol. The van der Waals surface area contributed by atoms with Crippen molar-refractivity contribution in [3.63, 3.8) is 0 Å². The third-order valence-corrected chi connectivity index (χ3v) is 24.2. The maximum atomic E-state index is 7.15. The lowest BCUT2D eigenvalue weighted by atomic mass is 9.91. The van der Waals surface area contributed by atoms with Gasteiger partial charge in [0.25, 0.3) is 0 Å². The van der Waals surface area contributed by atoms with E-state index in [-0.39, 0.29) is 52.7 Å². The van der Waals surface area contributed by atoms with Crippen LogP contribution in [0.2, 0.25) is 0 Å². The summed E-state index contributed by atoms with van der Waals surface area (Å²) in [6.07, 6.45) is 0. The van der Waals surface area contributed by atoms with Gasteiger partial charge in [-0.15, -0.1) is 0 Å². The van der Waals surface area contributed by atoms with Crippen LogP contribution in [0, 0.1) is 10.8 Å². The number of fused-ring (bicyclic) bond motifs is 2. The van der Waals surface area contributed by atoms with Gasteiger partial charge >= 0.3 is 0 Å². The molecule has 0 saturated carbocycles. The highest BCUT2D eigenvalue weighted by atomic mass is 16.5. The van der Waals surface area contributed by atoms with Crippen LogP contribution in [0.15, 0.2) is 497 Å². The summed E-state index contributed by atoms with van der Waals surface area (Å²) in [4.78, 5) is 7.99. The Morgan fingerprint density at radius 2 is 0.410 bits per heavy atom. The summed E-state index contributed by atoms with van der Waals surface area (Å²) in [6.45, 7) is 0.0705. The molecule has 0 aliphatic heterocycles. The van der Waals surface area contributed by atoms with Gasteiger partial charge in [0.2, 0.25) is 0 Å². The fraction of sp³-hybridized carbons (Fsp3) is 0.0806. The highest BCUT2D eigenvalue weighted by Gasteiger charge is 2.41. The summed E-state index contributed by atoms with van der Waals surface area (Å²) in [5.41, 5.74) is 8.14. The van der Waals surface area contributed by atoms with Crippen molar-refractivity contribution < 1.29 is 61.6 Å². The van der Waals surface area contributed by atoms with Crippen molar-refractivity contribution in [3.8, 4) is 126 Å². The first-order valence-electron chi connectivity index (χ1n) is 47.6. The van der Waals surface area contributed by atoms with Crippen molar-refractivity contribution in [1.82, 2.24) is 25.2 Å². The summed E-state index contributed by atoms with van der Waals surface area (Å²) in [7, 11) is 0. The van der Waals surface area contributed by atoms with Gasteiger partial charge < -0.3 is 66.6 Å². The maximum absolute atomic E-state index is 7.15. The lowest BCUT2D eigenvalue weighted by Crippen LogP contribution is -2.55. The zero-order valence-electron chi connectivity index (χ0n) is 78.5. The number of hydrogen-bond donors (Lipinski definition) is 0. The first kappa shape index (κ1) is 91.6. The topological polar surface area (TPSA) is 179 Å². The molecule has 0 saturated heterocycles. The standard InChI is InChI=1S/C124H98N8O12/c1-11-31-93(32-12-1)131(94-33-13-2-14-34-94)97-55-51-91(52-56-97)117-119-121(127-129(125-119)83-123(85-133-99-59-71-111(72-60-99)139-105-39-19-5-20-40-105,86-134-100-61-73-112(74-62-100)140-106-41-21-6-22-42-106)87-135-101-63-75-113(76-64-101)141-107-43-23-7-24-44-107)118(92-53-57-98(58-54-92)132(95-35-15-3-16-36-95)96-37-17-4-18-38-96)122-120(117)126-130(128-122)84-124(88-136-102-65-77-114(78-66-102)142-108-45-25-8-26-46-108,89-137-103-67-79-115(80-68-103)143-109-47-27-9-28-48-109)90-138-104-69-81-116(82-70-104)144-110-49-29-10-30-50-110/h1-82H,83-90H2. The Morgan fingerprint density at radius 3 is 0.660 bits per heavy atom. The van der Waals surface area contributed by atoms with Crippen LogP contribution in [0.25, 0.3) is 44.3 Å². The zero-order valence-corrected chi connectivity index (χ0v) is 78.5. The van der Waals surface area contributed by atoms with Crippen LogP contribution in [-0.2, 0) is 13.1 Å². The Hall–Kier alpha value is -18.8. The van der Waals surface area contributed by atoms with E-state index in [0.717, 1.165) is 45.3 Å². The van der Waals surface area contributed by atoms with Gasteiger partial charge in [0.1, 0.15) is 160 Å². The smallest absolute Gasteiger partial charge is 0.178 e. The van der Waals surface area contributed by atoms with E-state index in [4.69, 9.17) is 77.2 Å². The molecule has 706 valence electrons. The van der Waals surface area contributed by atoms with Gasteiger partial charge in [-0.25, -0.2) is 0 Å². The Balaban J connectivity index is 0.748. The van der Waals surface area contributed by atoms with Crippen molar-refractivity contribution >= 4 is 56.2 Å². The molecule has 2 heterocycles. The molecule has 20 nitrogen and oxygen atoms in total. The van der Waals surface area contributed by atoms with Crippen LogP contribution in [0.4, 0.5) is 34.1 Å². The second kappa shape index (κ2) is 43.9. The second-order valence-corrected chi connectivity index (χ2v) is 34.8. The van der Waals surface area contributed by atoms with Crippen molar-refractivity contribution in [2.24, 2.45) is 10.8 Å². The molecule has 19 aromatic carbocycles. The van der Waals surface area contributed by atoms with Crippen molar-refractivity contribution in [2.75, 3.05) is 49.4 Å². The number of nitrogens with zero attached hydrogens (tertiary/aromatic N) is 8. The molecule has 20 heteroatoms. The Bertz CT molecular complexity index is 6650.